The fraction of sp³-hybridized carbons (Fsp3) is 0.286. The highest BCUT2D eigenvalue weighted by atomic mass is 16.7. The van der Waals surface area contributed by atoms with E-state index in [0.717, 1.165) is 12.0 Å². The molecule has 0 aromatic heterocycles. The van der Waals surface area contributed by atoms with Crippen LogP contribution in [0.4, 0.5) is 0 Å². The first-order chi connectivity index (χ1) is 14.1. The number of nitrogens with zero attached hydrogens (tertiary/aromatic N) is 1. The molecule has 2 heterocycles. The van der Waals surface area contributed by atoms with Gasteiger partial charge in [-0.1, -0.05) is 24.3 Å². The maximum absolute atomic E-state index is 12.3. The third-order valence-corrected chi connectivity index (χ3v) is 4.87. The van der Waals surface area contributed by atoms with Crippen LogP contribution in [0, 0.1) is 0 Å². The van der Waals surface area contributed by atoms with E-state index in [-0.39, 0.29) is 25.9 Å². The maximum Gasteiger partial charge on any atom is 0.325 e. The van der Waals surface area contributed by atoms with Crippen LogP contribution in [-0.4, -0.2) is 49.2 Å². The standard InChI is InChI=1S/C21H20N2O6/c24-19(23-8-7-14-3-1-2-4-16(14)11-23)12-27-20(25)10-22-21(26)15-5-6-17-18(9-15)29-13-28-17/h1-6,9H,7-8,10-13H2,(H,22,26). The molecule has 0 atom stereocenters. The van der Waals surface area contributed by atoms with Crippen molar-refractivity contribution in [1.29, 1.82) is 0 Å². The average molecular weight is 396 g/mol. The van der Waals surface area contributed by atoms with Crippen molar-refractivity contribution in [2.75, 3.05) is 26.5 Å². The van der Waals surface area contributed by atoms with Crippen LogP contribution in [0.1, 0.15) is 21.5 Å². The summed E-state index contributed by atoms with van der Waals surface area (Å²) in [5, 5.41) is 2.47. The van der Waals surface area contributed by atoms with Crippen molar-refractivity contribution >= 4 is 17.8 Å². The third kappa shape index (κ3) is 4.31. The van der Waals surface area contributed by atoms with E-state index in [0.29, 0.717) is 30.2 Å². The molecule has 0 bridgehead atoms. The van der Waals surface area contributed by atoms with Gasteiger partial charge in [0, 0.05) is 18.7 Å². The topological polar surface area (TPSA) is 94.2 Å². The van der Waals surface area contributed by atoms with Crippen molar-refractivity contribution in [3.8, 4) is 11.5 Å². The van der Waals surface area contributed by atoms with E-state index in [1.165, 1.54) is 5.56 Å². The highest BCUT2D eigenvalue weighted by molar-refractivity contribution is 5.96. The van der Waals surface area contributed by atoms with E-state index in [9.17, 15) is 14.4 Å². The van der Waals surface area contributed by atoms with E-state index in [4.69, 9.17) is 14.2 Å². The predicted molar refractivity (Wildman–Crippen MR) is 101 cm³/mol. The van der Waals surface area contributed by atoms with Crippen molar-refractivity contribution in [3.63, 3.8) is 0 Å². The lowest BCUT2D eigenvalue weighted by atomic mass is 10.00. The summed E-state index contributed by atoms with van der Waals surface area (Å²) in [6, 6.07) is 12.7. The first-order valence-corrected chi connectivity index (χ1v) is 9.28. The molecule has 0 saturated carbocycles. The van der Waals surface area contributed by atoms with Crippen LogP contribution in [0.15, 0.2) is 42.5 Å². The second-order valence-electron chi connectivity index (χ2n) is 6.75. The summed E-state index contributed by atoms with van der Waals surface area (Å²) >= 11 is 0. The van der Waals surface area contributed by atoms with Crippen molar-refractivity contribution in [2.24, 2.45) is 0 Å². The number of benzene rings is 2. The second kappa shape index (κ2) is 8.22. The van der Waals surface area contributed by atoms with Crippen LogP contribution < -0.4 is 14.8 Å². The molecule has 2 aliphatic heterocycles. The van der Waals surface area contributed by atoms with Gasteiger partial charge in [0.05, 0.1) is 0 Å². The van der Waals surface area contributed by atoms with Gasteiger partial charge < -0.3 is 24.4 Å². The molecule has 0 fully saturated rings. The number of hydrogen-bond acceptors (Lipinski definition) is 6. The van der Waals surface area contributed by atoms with E-state index in [1.54, 1.807) is 23.1 Å². The monoisotopic (exact) mass is 396 g/mol. The molecule has 0 spiro atoms. The van der Waals surface area contributed by atoms with Crippen LogP contribution in [0.3, 0.4) is 0 Å². The molecule has 4 rings (SSSR count). The number of amides is 2. The van der Waals surface area contributed by atoms with E-state index in [1.807, 2.05) is 18.2 Å². The van der Waals surface area contributed by atoms with Crippen molar-refractivity contribution in [2.45, 2.75) is 13.0 Å². The quantitative estimate of drug-likeness (QED) is 0.765. The number of esters is 1. The van der Waals surface area contributed by atoms with Gasteiger partial charge in [-0.15, -0.1) is 0 Å². The predicted octanol–water partition coefficient (Wildman–Crippen LogP) is 1.27. The van der Waals surface area contributed by atoms with Gasteiger partial charge in [0.1, 0.15) is 6.54 Å². The lowest BCUT2D eigenvalue weighted by Crippen LogP contribution is -2.39. The summed E-state index contributed by atoms with van der Waals surface area (Å²) in [5.41, 5.74) is 2.68. The van der Waals surface area contributed by atoms with Gasteiger partial charge in [0.15, 0.2) is 18.1 Å². The SMILES string of the molecule is O=C(CNC(=O)c1ccc2c(c1)OCO2)OCC(=O)N1CCc2ccccc2C1. The Morgan fingerprint density at radius 2 is 1.83 bits per heavy atom. The van der Waals surface area contributed by atoms with Gasteiger partial charge in [0.25, 0.3) is 11.8 Å². The highest BCUT2D eigenvalue weighted by Crippen LogP contribution is 2.32. The molecule has 1 N–H and O–H groups in total. The van der Waals surface area contributed by atoms with Gasteiger partial charge in [-0.3, -0.25) is 14.4 Å². The zero-order valence-corrected chi connectivity index (χ0v) is 15.7. The van der Waals surface area contributed by atoms with E-state index >= 15 is 0 Å². The van der Waals surface area contributed by atoms with Gasteiger partial charge in [-0.05, 0) is 35.7 Å². The molecule has 29 heavy (non-hydrogen) atoms. The molecule has 2 amide bonds. The van der Waals surface area contributed by atoms with Crippen LogP contribution in [0.25, 0.3) is 0 Å². The minimum absolute atomic E-state index is 0.114. The van der Waals surface area contributed by atoms with E-state index in [2.05, 4.69) is 11.4 Å². The summed E-state index contributed by atoms with van der Waals surface area (Å²) in [4.78, 5) is 38.0. The largest absolute Gasteiger partial charge is 0.454 e. The molecule has 150 valence electrons. The Labute approximate surface area is 167 Å². The number of carbonyl (C=O) groups is 3. The average Bonchev–Trinajstić information content (AvgIpc) is 3.23. The zero-order chi connectivity index (χ0) is 20.2. The molecule has 2 aliphatic rings. The molecular weight excluding hydrogens is 376 g/mol. The van der Waals surface area contributed by atoms with Crippen molar-refractivity contribution < 1.29 is 28.6 Å². The van der Waals surface area contributed by atoms with Gasteiger partial charge in [-0.25, -0.2) is 0 Å². The molecule has 0 aliphatic carbocycles. The number of rotatable bonds is 5. The minimum Gasteiger partial charge on any atom is -0.454 e. The summed E-state index contributed by atoms with van der Waals surface area (Å²) in [6.07, 6.45) is 0.779. The minimum atomic E-state index is -0.676. The molecule has 0 radical (unpaired) electrons. The molecule has 8 heteroatoms. The number of carbonyl (C=O) groups excluding carboxylic acids is 3. The Morgan fingerprint density at radius 3 is 2.69 bits per heavy atom. The van der Waals surface area contributed by atoms with Gasteiger partial charge in [-0.2, -0.15) is 0 Å². The molecule has 0 unspecified atom stereocenters. The summed E-state index contributed by atoms with van der Waals surface area (Å²) < 4.78 is 15.4. The summed E-state index contributed by atoms with van der Waals surface area (Å²) in [7, 11) is 0. The number of hydrogen-bond donors (Lipinski definition) is 1. The smallest absolute Gasteiger partial charge is 0.325 e. The summed E-state index contributed by atoms with van der Waals surface area (Å²) in [5.74, 6) is -0.326. The van der Waals surface area contributed by atoms with Gasteiger partial charge >= 0.3 is 5.97 Å². The first-order valence-electron chi connectivity index (χ1n) is 9.28. The van der Waals surface area contributed by atoms with Crippen LogP contribution in [0.2, 0.25) is 0 Å². The van der Waals surface area contributed by atoms with Crippen LogP contribution in [0.5, 0.6) is 11.5 Å². The van der Waals surface area contributed by atoms with Crippen molar-refractivity contribution in [3.05, 3.63) is 59.2 Å². The molecule has 0 saturated heterocycles. The number of nitrogens with one attached hydrogen (secondary N) is 1. The Bertz CT molecular complexity index is 958. The molecule has 2 aromatic rings. The Morgan fingerprint density at radius 1 is 1.03 bits per heavy atom. The molecule has 2 aromatic carbocycles. The first kappa shape index (κ1) is 18.8. The fourth-order valence-electron chi connectivity index (χ4n) is 3.29. The maximum atomic E-state index is 12.3. The number of fused-ring (bicyclic) bond motifs is 2. The van der Waals surface area contributed by atoms with Crippen LogP contribution in [-0.2, 0) is 27.3 Å². The molecule has 8 nitrogen and oxygen atoms in total. The van der Waals surface area contributed by atoms with Gasteiger partial charge in [0.2, 0.25) is 6.79 Å². The highest BCUT2D eigenvalue weighted by Gasteiger charge is 2.22. The summed E-state index contributed by atoms with van der Waals surface area (Å²) in [6.45, 7) is 0.537. The third-order valence-electron chi connectivity index (χ3n) is 4.87. The Kier molecular flexibility index (Phi) is 5.33. The normalized spacial score (nSPS) is 14.1. The lowest BCUT2D eigenvalue weighted by molar-refractivity contribution is -0.151. The van der Waals surface area contributed by atoms with E-state index < -0.39 is 11.9 Å². The van der Waals surface area contributed by atoms with Crippen molar-refractivity contribution in [1.82, 2.24) is 10.2 Å². The lowest BCUT2D eigenvalue weighted by Gasteiger charge is -2.28. The number of ether oxygens (including phenoxy) is 3. The Balaban J connectivity index is 1.22. The zero-order valence-electron chi connectivity index (χ0n) is 15.7. The Hall–Kier alpha value is -3.55. The molecular formula is C21H20N2O6. The fourth-order valence-corrected chi connectivity index (χ4v) is 3.29. The second-order valence-corrected chi connectivity index (χ2v) is 6.75. The van der Waals surface area contributed by atoms with Crippen LogP contribution >= 0.6 is 0 Å².